The van der Waals surface area contributed by atoms with Crippen LogP contribution in [0.4, 0.5) is 10.1 Å². The molecule has 1 atom stereocenters. The summed E-state index contributed by atoms with van der Waals surface area (Å²) in [4.78, 5) is 45.8. The Labute approximate surface area is 303 Å². The number of benzene rings is 2. The molecule has 53 heavy (non-hydrogen) atoms. The van der Waals surface area contributed by atoms with Gasteiger partial charge in [-0.15, -0.1) is 9.78 Å². The molecule has 0 saturated heterocycles. The number of hydrogen-bond acceptors (Lipinski definition) is 15. The second kappa shape index (κ2) is 19.3. The van der Waals surface area contributed by atoms with E-state index in [1.165, 1.54) is 50.4 Å². The van der Waals surface area contributed by atoms with Crippen molar-refractivity contribution in [2.75, 3.05) is 46.1 Å². The van der Waals surface area contributed by atoms with E-state index in [-0.39, 0.29) is 60.5 Å². The zero-order chi connectivity index (χ0) is 39.1. The first-order valence-corrected chi connectivity index (χ1v) is 15.7. The van der Waals surface area contributed by atoms with Crippen molar-refractivity contribution in [3.8, 4) is 23.5 Å². The Balaban J connectivity index is 0.00000180. The number of esters is 2. The Hall–Kier alpha value is -6.37. The molecule has 0 fully saturated rings. The van der Waals surface area contributed by atoms with Gasteiger partial charge in [0.1, 0.15) is 30.8 Å². The van der Waals surface area contributed by atoms with Gasteiger partial charge in [0.2, 0.25) is 6.79 Å². The van der Waals surface area contributed by atoms with Crippen LogP contribution < -0.4 is 25.3 Å². The van der Waals surface area contributed by atoms with E-state index in [1.54, 1.807) is 44.2 Å². The number of nitrogen functional groups attached to an aromatic ring is 1. The van der Waals surface area contributed by atoms with E-state index in [9.17, 15) is 9.59 Å². The highest BCUT2D eigenvalue weighted by Crippen LogP contribution is 2.36. The number of nitrogens with one attached hydrogen (secondary N) is 2. The van der Waals surface area contributed by atoms with E-state index in [1.807, 2.05) is 0 Å². The SMILES string of the molecule is CC(=O)O.COCC(C)(C)C(=O)OCOc1nc(C(Nc2ccc(C(=N)N)cc2)c2cc(OC)cc(OCCOC(C)=O)c2F)nn1-c1ncccn1. The van der Waals surface area contributed by atoms with Gasteiger partial charge in [0.25, 0.3) is 11.9 Å². The number of nitrogens with zero attached hydrogens (tertiary/aromatic N) is 5. The third kappa shape index (κ3) is 12.1. The Morgan fingerprint density at radius 1 is 1.04 bits per heavy atom. The lowest BCUT2D eigenvalue weighted by Gasteiger charge is -2.21. The number of carbonyl (C=O) groups is 3. The third-order valence-corrected chi connectivity index (χ3v) is 6.77. The molecular weight excluding hydrogens is 699 g/mol. The van der Waals surface area contributed by atoms with Crippen LogP contribution in [-0.2, 0) is 28.6 Å². The minimum atomic E-state index is -1.13. The number of methoxy groups -OCH3 is 2. The van der Waals surface area contributed by atoms with E-state index in [0.29, 0.717) is 11.3 Å². The standard InChI is InChI=1S/C32H37FN8O8.C2H4O2/c1-19(42)46-13-14-47-24-16-22(45-5)15-23(25(24)33)26(38-21-9-7-20(8-10-21)27(34)35)28-39-31(41(40-28)30-36-11-6-12-37-30)49-18-48-29(43)32(2,3)17-44-4;1-2(3)4/h6-12,15-16,26,38H,13-14,17-18H2,1-5H3,(H3,34,35);1H3,(H,3,4). The van der Waals surface area contributed by atoms with Crippen LogP contribution >= 0.6 is 0 Å². The van der Waals surface area contributed by atoms with Gasteiger partial charge in [0.15, 0.2) is 17.4 Å². The molecule has 4 aromatic rings. The minimum absolute atomic E-state index is 0.00269. The number of hydrogen-bond donors (Lipinski definition) is 4. The van der Waals surface area contributed by atoms with Gasteiger partial charge in [0.05, 0.1) is 19.1 Å². The van der Waals surface area contributed by atoms with Gasteiger partial charge in [0, 0.05) is 56.2 Å². The predicted octanol–water partition coefficient (Wildman–Crippen LogP) is 3.28. The summed E-state index contributed by atoms with van der Waals surface area (Å²) >= 11 is 0. The molecule has 0 bridgehead atoms. The molecule has 284 valence electrons. The lowest BCUT2D eigenvalue weighted by Crippen LogP contribution is -2.32. The van der Waals surface area contributed by atoms with Gasteiger partial charge in [-0.1, -0.05) is 0 Å². The number of aliphatic carboxylic acids is 1. The molecular formula is C34H41FN8O10. The van der Waals surface area contributed by atoms with Crippen LogP contribution in [0.1, 0.15) is 50.7 Å². The number of nitrogens with two attached hydrogens (primary N) is 1. The summed E-state index contributed by atoms with van der Waals surface area (Å²) in [7, 11) is 2.88. The highest BCUT2D eigenvalue weighted by atomic mass is 19.1. The van der Waals surface area contributed by atoms with Gasteiger partial charge >= 0.3 is 17.9 Å². The number of halogens is 1. The third-order valence-electron chi connectivity index (χ3n) is 6.77. The van der Waals surface area contributed by atoms with Crippen molar-refractivity contribution in [1.29, 1.82) is 5.41 Å². The molecule has 18 nitrogen and oxygen atoms in total. The van der Waals surface area contributed by atoms with Gasteiger partial charge in [-0.3, -0.25) is 19.8 Å². The maximum atomic E-state index is 16.3. The second-order valence-corrected chi connectivity index (χ2v) is 11.5. The average Bonchev–Trinajstić information content (AvgIpc) is 3.53. The molecule has 5 N–H and O–H groups in total. The Morgan fingerprint density at radius 3 is 2.28 bits per heavy atom. The molecule has 4 rings (SSSR count). The predicted molar refractivity (Wildman–Crippen MR) is 186 cm³/mol. The number of carbonyl (C=O) groups excluding carboxylic acids is 2. The molecule has 1 unspecified atom stereocenters. The van der Waals surface area contributed by atoms with Crippen molar-refractivity contribution >= 4 is 29.4 Å². The van der Waals surface area contributed by atoms with E-state index >= 15 is 4.39 Å². The first-order valence-electron chi connectivity index (χ1n) is 15.7. The van der Waals surface area contributed by atoms with Crippen LogP contribution in [0.2, 0.25) is 0 Å². The molecule has 0 aliphatic rings. The summed E-state index contributed by atoms with van der Waals surface area (Å²) in [5.41, 5.74) is 5.64. The smallest absolute Gasteiger partial charge is 0.325 e. The molecule has 19 heteroatoms. The largest absolute Gasteiger partial charge is 0.497 e. The summed E-state index contributed by atoms with van der Waals surface area (Å²) in [5, 5.41) is 22.9. The summed E-state index contributed by atoms with van der Waals surface area (Å²) < 4.78 is 49.7. The number of ether oxygens (including phenoxy) is 6. The Bertz CT molecular complexity index is 1850. The van der Waals surface area contributed by atoms with Crippen LogP contribution in [0.5, 0.6) is 17.5 Å². The first-order chi connectivity index (χ1) is 25.2. The monoisotopic (exact) mass is 740 g/mol. The summed E-state index contributed by atoms with van der Waals surface area (Å²) in [6.45, 7) is 4.98. The lowest BCUT2D eigenvalue weighted by atomic mass is 9.95. The van der Waals surface area contributed by atoms with Crippen molar-refractivity contribution in [3.63, 3.8) is 0 Å². The molecule has 0 radical (unpaired) electrons. The number of carboxylic acid groups (broad SMARTS) is 1. The van der Waals surface area contributed by atoms with Gasteiger partial charge in [-0.2, -0.15) is 4.98 Å². The first kappa shape index (κ1) is 41.1. The van der Waals surface area contributed by atoms with Crippen LogP contribution in [0, 0.1) is 16.6 Å². The average molecular weight is 741 g/mol. The molecule has 2 heterocycles. The zero-order valence-electron chi connectivity index (χ0n) is 29.9. The molecule has 0 aliphatic carbocycles. The molecule has 0 saturated carbocycles. The highest BCUT2D eigenvalue weighted by Gasteiger charge is 2.31. The summed E-state index contributed by atoms with van der Waals surface area (Å²) in [6.07, 6.45) is 2.96. The minimum Gasteiger partial charge on any atom is -0.497 e. The van der Waals surface area contributed by atoms with Crippen LogP contribution in [0.3, 0.4) is 0 Å². The fourth-order valence-corrected chi connectivity index (χ4v) is 4.37. The number of aromatic nitrogens is 5. The van der Waals surface area contributed by atoms with Crippen molar-refractivity contribution in [1.82, 2.24) is 24.7 Å². The van der Waals surface area contributed by atoms with Crippen molar-refractivity contribution in [3.05, 3.63) is 77.6 Å². The van der Waals surface area contributed by atoms with Gasteiger partial charge < -0.3 is 44.6 Å². The Kier molecular flexibility index (Phi) is 14.9. The normalized spacial score (nSPS) is 11.3. The van der Waals surface area contributed by atoms with E-state index < -0.39 is 42.0 Å². The van der Waals surface area contributed by atoms with Gasteiger partial charge in [-0.25, -0.2) is 14.4 Å². The topological polar surface area (TPSA) is 245 Å². The van der Waals surface area contributed by atoms with E-state index in [2.05, 4.69) is 25.4 Å². The molecule has 0 aliphatic heterocycles. The van der Waals surface area contributed by atoms with Crippen LogP contribution in [0.25, 0.3) is 5.95 Å². The van der Waals surface area contributed by atoms with Crippen LogP contribution in [-0.4, -0.2) is 94.4 Å². The van der Waals surface area contributed by atoms with E-state index in [0.717, 1.165) is 6.92 Å². The van der Waals surface area contributed by atoms with Crippen molar-refractivity contribution in [2.45, 2.75) is 33.7 Å². The number of amidine groups is 1. The maximum Gasteiger partial charge on any atom is 0.325 e. The summed E-state index contributed by atoms with van der Waals surface area (Å²) in [5.74, 6) is -2.73. The quantitative estimate of drug-likeness (QED) is 0.0399. The fraction of sp³-hybridized carbons (Fsp3) is 0.353. The number of anilines is 1. The van der Waals surface area contributed by atoms with Crippen molar-refractivity contribution in [2.24, 2.45) is 11.1 Å². The van der Waals surface area contributed by atoms with Crippen molar-refractivity contribution < 1.29 is 52.3 Å². The Morgan fingerprint density at radius 2 is 1.70 bits per heavy atom. The van der Waals surface area contributed by atoms with E-state index in [4.69, 9.17) is 49.5 Å². The molecule has 2 aromatic heterocycles. The number of carboxylic acids is 1. The number of rotatable bonds is 17. The molecule has 2 aromatic carbocycles. The second-order valence-electron chi connectivity index (χ2n) is 11.5. The lowest BCUT2D eigenvalue weighted by molar-refractivity contribution is -0.163. The summed E-state index contributed by atoms with van der Waals surface area (Å²) in [6, 6.07) is 9.62. The maximum absolute atomic E-state index is 16.3. The highest BCUT2D eigenvalue weighted by molar-refractivity contribution is 5.95. The fourth-order valence-electron chi connectivity index (χ4n) is 4.37. The zero-order valence-corrected chi connectivity index (χ0v) is 29.9. The molecule has 0 amide bonds. The molecule has 0 spiro atoms. The van der Waals surface area contributed by atoms with Gasteiger partial charge in [-0.05, 0) is 50.2 Å². The van der Waals surface area contributed by atoms with Crippen LogP contribution in [0.15, 0.2) is 54.9 Å².